The second-order valence-electron chi connectivity index (χ2n) is 5.70. The number of benzene rings is 2. The summed E-state index contributed by atoms with van der Waals surface area (Å²) in [6.45, 7) is 1.46. The Morgan fingerprint density at radius 3 is 2.39 bits per heavy atom. The number of para-hydroxylation sites is 2. The molecular formula is C20H19N3O5. The number of nitrogens with zero attached hydrogens (tertiary/aromatic N) is 1. The van der Waals surface area contributed by atoms with Gasteiger partial charge in [-0.05, 0) is 43.3 Å². The van der Waals surface area contributed by atoms with Gasteiger partial charge >= 0.3 is 5.97 Å². The summed E-state index contributed by atoms with van der Waals surface area (Å²) in [5.74, 6) is -1.14. The number of anilines is 2. The van der Waals surface area contributed by atoms with Gasteiger partial charge in [-0.25, -0.2) is 4.79 Å². The van der Waals surface area contributed by atoms with E-state index in [2.05, 4.69) is 10.6 Å². The van der Waals surface area contributed by atoms with Crippen LogP contribution in [0.25, 0.3) is 0 Å². The number of rotatable bonds is 7. The highest BCUT2D eigenvalue weighted by Gasteiger charge is 2.20. The fraction of sp³-hybridized carbons (Fsp3) is 0.200. The van der Waals surface area contributed by atoms with Gasteiger partial charge in [-0.1, -0.05) is 12.1 Å². The average molecular weight is 381 g/mol. The van der Waals surface area contributed by atoms with E-state index in [1.165, 1.54) is 38.3 Å². The lowest BCUT2D eigenvalue weighted by molar-refractivity contribution is -0.123. The number of nitrogens with one attached hydrogen (secondary N) is 2. The molecule has 0 aliphatic heterocycles. The van der Waals surface area contributed by atoms with E-state index in [1.807, 2.05) is 0 Å². The van der Waals surface area contributed by atoms with Crippen molar-refractivity contribution in [3.63, 3.8) is 0 Å². The van der Waals surface area contributed by atoms with Crippen LogP contribution >= 0.6 is 0 Å². The minimum Gasteiger partial charge on any atom is -0.495 e. The lowest BCUT2D eigenvalue weighted by atomic mass is 10.2. The molecule has 144 valence electrons. The second kappa shape index (κ2) is 9.73. The van der Waals surface area contributed by atoms with Crippen LogP contribution in [0.4, 0.5) is 11.4 Å². The van der Waals surface area contributed by atoms with Gasteiger partial charge in [0.1, 0.15) is 12.2 Å². The van der Waals surface area contributed by atoms with Crippen molar-refractivity contribution in [3.8, 4) is 11.8 Å². The first-order chi connectivity index (χ1) is 13.4. The zero-order chi connectivity index (χ0) is 20.5. The minimum absolute atomic E-state index is 0.218. The largest absolute Gasteiger partial charge is 0.495 e. The van der Waals surface area contributed by atoms with Crippen molar-refractivity contribution in [2.45, 2.75) is 19.4 Å². The van der Waals surface area contributed by atoms with Gasteiger partial charge in [-0.3, -0.25) is 9.59 Å². The molecule has 28 heavy (non-hydrogen) atoms. The third-order valence-corrected chi connectivity index (χ3v) is 3.66. The molecule has 0 bridgehead atoms. The summed E-state index contributed by atoms with van der Waals surface area (Å²) in [7, 11) is 1.49. The van der Waals surface area contributed by atoms with E-state index in [4.69, 9.17) is 14.7 Å². The number of esters is 1. The summed E-state index contributed by atoms with van der Waals surface area (Å²) >= 11 is 0. The molecule has 0 heterocycles. The number of hydrogen-bond donors (Lipinski definition) is 2. The number of nitriles is 1. The Balaban J connectivity index is 1.95. The zero-order valence-electron chi connectivity index (χ0n) is 15.4. The smallest absolute Gasteiger partial charge is 0.338 e. The summed E-state index contributed by atoms with van der Waals surface area (Å²) in [6.07, 6.45) is -1.30. The van der Waals surface area contributed by atoms with Crippen molar-refractivity contribution in [1.29, 1.82) is 5.26 Å². The monoisotopic (exact) mass is 381 g/mol. The highest BCUT2D eigenvalue weighted by atomic mass is 16.5. The normalized spacial score (nSPS) is 10.9. The van der Waals surface area contributed by atoms with Crippen molar-refractivity contribution >= 4 is 29.2 Å². The van der Waals surface area contributed by atoms with Crippen molar-refractivity contribution in [3.05, 3.63) is 54.1 Å². The van der Waals surface area contributed by atoms with E-state index in [-0.39, 0.29) is 12.0 Å². The molecular weight excluding hydrogens is 362 g/mol. The van der Waals surface area contributed by atoms with Gasteiger partial charge in [0.2, 0.25) is 5.91 Å². The van der Waals surface area contributed by atoms with Crippen LogP contribution in [0.3, 0.4) is 0 Å². The quantitative estimate of drug-likeness (QED) is 0.712. The van der Waals surface area contributed by atoms with E-state index in [0.717, 1.165) is 0 Å². The van der Waals surface area contributed by atoms with Gasteiger partial charge in [0, 0.05) is 5.69 Å². The molecule has 0 fully saturated rings. The van der Waals surface area contributed by atoms with Gasteiger partial charge in [-0.2, -0.15) is 5.26 Å². The third-order valence-electron chi connectivity index (χ3n) is 3.66. The van der Waals surface area contributed by atoms with Crippen molar-refractivity contribution in [2.24, 2.45) is 0 Å². The molecule has 0 saturated heterocycles. The molecule has 0 unspecified atom stereocenters. The van der Waals surface area contributed by atoms with Crippen LogP contribution < -0.4 is 15.4 Å². The summed E-state index contributed by atoms with van der Waals surface area (Å²) in [4.78, 5) is 35.8. The standard InChI is InChI=1S/C20H19N3O5/c1-13(19(25)23-16-5-3-4-6-17(16)27-2)28-20(26)14-7-9-15(10-8-14)22-18(24)11-12-21/h3-10,13H,11H2,1-2H3,(H,22,24)(H,23,25)/t13-/m1/s1. The van der Waals surface area contributed by atoms with Crippen LogP contribution in [0.2, 0.25) is 0 Å². The Bertz CT molecular complexity index is 903. The maximum Gasteiger partial charge on any atom is 0.338 e. The summed E-state index contributed by atoms with van der Waals surface area (Å²) in [5.41, 5.74) is 1.13. The van der Waals surface area contributed by atoms with Gasteiger partial charge in [0.15, 0.2) is 6.10 Å². The third kappa shape index (κ3) is 5.57. The molecule has 2 aromatic carbocycles. The van der Waals surface area contributed by atoms with E-state index in [0.29, 0.717) is 17.1 Å². The predicted octanol–water partition coefficient (Wildman–Crippen LogP) is 2.73. The molecule has 0 spiro atoms. The van der Waals surface area contributed by atoms with Gasteiger partial charge in [-0.15, -0.1) is 0 Å². The Morgan fingerprint density at radius 2 is 1.75 bits per heavy atom. The zero-order valence-corrected chi connectivity index (χ0v) is 15.4. The van der Waals surface area contributed by atoms with Crippen molar-refractivity contribution in [1.82, 2.24) is 0 Å². The van der Waals surface area contributed by atoms with Crippen LogP contribution in [-0.4, -0.2) is 31.0 Å². The topological polar surface area (TPSA) is 118 Å². The molecule has 0 radical (unpaired) electrons. The van der Waals surface area contributed by atoms with Crippen LogP contribution in [0.15, 0.2) is 48.5 Å². The number of hydrogen-bond acceptors (Lipinski definition) is 6. The minimum atomic E-state index is -1.03. The van der Waals surface area contributed by atoms with Crippen molar-refractivity contribution < 1.29 is 23.9 Å². The first-order valence-electron chi connectivity index (χ1n) is 8.36. The van der Waals surface area contributed by atoms with Crippen LogP contribution in [0.5, 0.6) is 5.75 Å². The Morgan fingerprint density at radius 1 is 1.07 bits per heavy atom. The molecule has 2 aromatic rings. The van der Waals surface area contributed by atoms with E-state index in [1.54, 1.807) is 30.3 Å². The van der Waals surface area contributed by atoms with Crippen LogP contribution in [-0.2, 0) is 14.3 Å². The number of carbonyl (C=O) groups excluding carboxylic acids is 3. The van der Waals surface area contributed by atoms with E-state index >= 15 is 0 Å². The second-order valence-corrected chi connectivity index (χ2v) is 5.70. The van der Waals surface area contributed by atoms with E-state index in [9.17, 15) is 14.4 Å². The molecule has 2 amide bonds. The number of carbonyl (C=O) groups is 3. The SMILES string of the molecule is COc1ccccc1NC(=O)[C@@H](C)OC(=O)c1ccc(NC(=O)CC#N)cc1. The maximum absolute atomic E-state index is 12.3. The molecule has 2 rings (SSSR count). The molecule has 0 aliphatic carbocycles. The maximum atomic E-state index is 12.3. The molecule has 0 aliphatic rings. The highest BCUT2D eigenvalue weighted by Crippen LogP contribution is 2.23. The predicted molar refractivity (Wildman–Crippen MR) is 102 cm³/mol. The number of ether oxygens (including phenoxy) is 2. The van der Waals surface area contributed by atoms with Gasteiger partial charge in [0.05, 0.1) is 24.4 Å². The van der Waals surface area contributed by atoms with Crippen LogP contribution in [0, 0.1) is 11.3 Å². The fourth-order valence-corrected chi connectivity index (χ4v) is 2.23. The van der Waals surface area contributed by atoms with Crippen molar-refractivity contribution in [2.75, 3.05) is 17.7 Å². The molecule has 8 heteroatoms. The Labute approximate surface area is 162 Å². The lowest BCUT2D eigenvalue weighted by Gasteiger charge is -2.15. The van der Waals surface area contributed by atoms with Gasteiger partial charge < -0.3 is 20.1 Å². The summed E-state index contributed by atoms with van der Waals surface area (Å²) < 4.78 is 10.3. The first kappa shape index (κ1) is 20.5. The summed E-state index contributed by atoms with van der Waals surface area (Å²) in [5, 5.41) is 13.6. The molecule has 0 aromatic heterocycles. The molecule has 2 N–H and O–H groups in total. The first-order valence-corrected chi connectivity index (χ1v) is 8.36. The van der Waals surface area contributed by atoms with E-state index < -0.39 is 23.9 Å². The molecule has 8 nitrogen and oxygen atoms in total. The molecule has 1 atom stereocenters. The fourth-order valence-electron chi connectivity index (χ4n) is 2.23. The highest BCUT2D eigenvalue weighted by molar-refractivity contribution is 5.98. The van der Waals surface area contributed by atoms with Crippen LogP contribution in [0.1, 0.15) is 23.7 Å². The average Bonchev–Trinajstić information content (AvgIpc) is 2.69. The lowest BCUT2D eigenvalue weighted by Crippen LogP contribution is -2.30. The number of amides is 2. The Hall–Kier alpha value is -3.86. The summed E-state index contributed by atoms with van der Waals surface area (Å²) in [6, 6.07) is 14.5. The Kier molecular flexibility index (Phi) is 7.11. The molecule has 0 saturated carbocycles. The van der Waals surface area contributed by atoms with Gasteiger partial charge in [0.25, 0.3) is 5.91 Å². The number of methoxy groups -OCH3 is 1.